The summed E-state index contributed by atoms with van der Waals surface area (Å²) in [4.78, 5) is 24.9. The number of aromatic nitrogens is 1. The number of fused-ring (bicyclic) bond motifs is 1. The lowest BCUT2D eigenvalue weighted by Crippen LogP contribution is -2.28. The Labute approximate surface area is 187 Å². The molecule has 0 aliphatic heterocycles. The molecule has 32 heavy (non-hydrogen) atoms. The van der Waals surface area contributed by atoms with Crippen LogP contribution in [0.3, 0.4) is 0 Å². The van der Waals surface area contributed by atoms with E-state index in [9.17, 15) is 14.9 Å². The largest absolute Gasteiger partial charge is 0.385 e. The molecule has 7 nitrogen and oxygen atoms in total. The molecule has 0 saturated heterocycles. The first-order valence-electron chi connectivity index (χ1n) is 10.4. The summed E-state index contributed by atoms with van der Waals surface area (Å²) in [7, 11) is 1.63. The Kier molecular flexibility index (Phi) is 8.18. The maximum atomic E-state index is 12.6. The molecule has 3 rings (SSSR count). The number of nitriles is 1. The smallest absolute Gasteiger partial charge is 0.262 e. The minimum absolute atomic E-state index is 0.00727. The molecule has 0 bridgehead atoms. The molecule has 0 atom stereocenters. The topological polar surface area (TPSA) is 96.2 Å². The van der Waals surface area contributed by atoms with E-state index in [0.29, 0.717) is 25.3 Å². The second-order valence-corrected chi connectivity index (χ2v) is 7.26. The van der Waals surface area contributed by atoms with Crippen LogP contribution >= 0.6 is 0 Å². The number of hydrogen-bond donors (Lipinski definition) is 2. The first-order valence-corrected chi connectivity index (χ1v) is 10.4. The monoisotopic (exact) mass is 430 g/mol. The quantitative estimate of drug-likeness (QED) is 0.294. The molecule has 2 amide bonds. The summed E-state index contributed by atoms with van der Waals surface area (Å²) in [5, 5.41) is 16.1. The highest BCUT2D eigenvalue weighted by Gasteiger charge is 2.13. The summed E-state index contributed by atoms with van der Waals surface area (Å²) < 4.78 is 6.81. The third-order valence-electron chi connectivity index (χ3n) is 4.94. The average molecular weight is 431 g/mol. The van der Waals surface area contributed by atoms with Crippen LogP contribution in [0.5, 0.6) is 0 Å². The summed E-state index contributed by atoms with van der Waals surface area (Å²) >= 11 is 0. The highest BCUT2D eigenvalue weighted by atomic mass is 16.5. The SMILES string of the molecule is COCCCNC(=O)Cn1cc(C=C(C#N)C(=O)NCc2ccccc2)c2ccccc21. The third kappa shape index (κ3) is 6.06. The maximum absolute atomic E-state index is 12.6. The van der Waals surface area contributed by atoms with Gasteiger partial charge in [0.25, 0.3) is 5.91 Å². The summed E-state index contributed by atoms with van der Waals surface area (Å²) in [5.74, 6) is -0.553. The van der Waals surface area contributed by atoms with Crippen molar-refractivity contribution in [3.05, 3.63) is 77.5 Å². The summed E-state index contributed by atoms with van der Waals surface area (Å²) in [6.07, 6.45) is 4.10. The molecule has 0 radical (unpaired) electrons. The fraction of sp³-hybridized carbons (Fsp3) is 0.240. The molecule has 0 unspecified atom stereocenters. The van der Waals surface area contributed by atoms with Crippen molar-refractivity contribution in [1.82, 2.24) is 15.2 Å². The predicted octanol–water partition coefficient (Wildman–Crippen LogP) is 3.02. The van der Waals surface area contributed by atoms with Crippen LogP contribution in [0, 0.1) is 11.3 Å². The lowest BCUT2D eigenvalue weighted by atomic mass is 10.1. The van der Waals surface area contributed by atoms with Crippen molar-refractivity contribution in [2.45, 2.75) is 19.5 Å². The van der Waals surface area contributed by atoms with Crippen LogP contribution in [0.15, 0.2) is 66.4 Å². The van der Waals surface area contributed by atoms with E-state index in [2.05, 4.69) is 10.6 Å². The normalized spacial score (nSPS) is 11.2. The fourth-order valence-corrected chi connectivity index (χ4v) is 3.35. The Balaban J connectivity index is 1.76. The lowest BCUT2D eigenvalue weighted by molar-refractivity contribution is -0.121. The van der Waals surface area contributed by atoms with E-state index in [-0.39, 0.29) is 18.0 Å². The molecule has 1 aromatic heterocycles. The van der Waals surface area contributed by atoms with Gasteiger partial charge in [-0.2, -0.15) is 5.26 Å². The van der Waals surface area contributed by atoms with Gasteiger partial charge >= 0.3 is 0 Å². The van der Waals surface area contributed by atoms with Crippen molar-refractivity contribution >= 4 is 28.8 Å². The van der Waals surface area contributed by atoms with Crippen LogP contribution in [0.4, 0.5) is 0 Å². The lowest BCUT2D eigenvalue weighted by Gasteiger charge is -2.07. The van der Waals surface area contributed by atoms with Crippen molar-refractivity contribution in [3.8, 4) is 6.07 Å². The number of carbonyl (C=O) groups is 2. The summed E-state index contributed by atoms with van der Waals surface area (Å²) in [6, 6.07) is 19.1. The van der Waals surface area contributed by atoms with E-state index in [0.717, 1.165) is 22.9 Å². The highest BCUT2D eigenvalue weighted by molar-refractivity contribution is 6.04. The van der Waals surface area contributed by atoms with Gasteiger partial charge in [-0.05, 0) is 24.1 Å². The van der Waals surface area contributed by atoms with Gasteiger partial charge < -0.3 is 19.9 Å². The number of ether oxygens (including phenoxy) is 1. The van der Waals surface area contributed by atoms with Gasteiger partial charge in [0.15, 0.2) is 0 Å². The average Bonchev–Trinajstić information content (AvgIpc) is 3.16. The minimum atomic E-state index is -0.441. The first-order chi connectivity index (χ1) is 15.6. The van der Waals surface area contributed by atoms with Crippen molar-refractivity contribution in [1.29, 1.82) is 5.26 Å². The van der Waals surface area contributed by atoms with Crippen molar-refractivity contribution in [3.63, 3.8) is 0 Å². The molecule has 3 aromatic rings. The Morgan fingerprint density at radius 1 is 1.09 bits per heavy atom. The number of amides is 2. The second-order valence-electron chi connectivity index (χ2n) is 7.26. The maximum Gasteiger partial charge on any atom is 0.262 e. The van der Waals surface area contributed by atoms with Gasteiger partial charge in [-0.15, -0.1) is 0 Å². The Morgan fingerprint density at radius 2 is 1.84 bits per heavy atom. The zero-order chi connectivity index (χ0) is 22.8. The molecular formula is C25H26N4O3. The van der Waals surface area contributed by atoms with E-state index in [1.807, 2.05) is 65.2 Å². The van der Waals surface area contributed by atoms with Gasteiger partial charge in [0, 0.05) is 49.5 Å². The van der Waals surface area contributed by atoms with Gasteiger partial charge in [0.1, 0.15) is 18.2 Å². The number of nitrogens with zero attached hydrogens (tertiary/aromatic N) is 2. The Hall–Kier alpha value is -3.89. The molecule has 0 spiro atoms. The van der Waals surface area contributed by atoms with Gasteiger partial charge in [-0.1, -0.05) is 48.5 Å². The number of rotatable bonds is 10. The molecule has 0 aliphatic rings. The molecule has 7 heteroatoms. The van der Waals surface area contributed by atoms with E-state index in [1.165, 1.54) is 0 Å². The Bertz CT molecular complexity index is 1140. The van der Waals surface area contributed by atoms with Crippen molar-refractivity contribution in [2.75, 3.05) is 20.3 Å². The third-order valence-corrected chi connectivity index (χ3v) is 4.94. The molecular weight excluding hydrogens is 404 g/mol. The van der Waals surface area contributed by atoms with Crippen LogP contribution < -0.4 is 10.6 Å². The second kappa shape index (κ2) is 11.5. The number of benzene rings is 2. The minimum Gasteiger partial charge on any atom is -0.385 e. The summed E-state index contributed by atoms with van der Waals surface area (Å²) in [6.45, 7) is 1.61. The van der Waals surface area contributed by atoms with Gasteiger partial charge in [0.2, 0.25) is 5.91 Å². The van der Waals surface area contributed by atoms with Crippen molar-refractivity contribution in [2.24, 2.45) is 0 Å². The highest BCUT2D eigenvalue weighted by Crippen LogP contribution is 2.23. The van der Waals surface area contributed by atoms with E-state index >= 15 is 0 Å². The number of hydrogen-bond acceptors (Lipinski definition) is 4. The van der Waals surface area contributed by atoms with Gasteiger partial charge in [-0.3, -0.25) is 9.59 Å². The zero-order valence-corrected chi connectivity index (χ0v) is 18.0. The number of nitrogens with one attached hydrogen (secondary N) is 2. The van der Waals surface area contributed by atoms with Gasteiger partial charge in [-0.25, -0.2) is 0 Å². The van der Waals surface area contributed by atoms with E-state index < -0.39 is 5.91 Å². The molecule has 0 fully saturated rings. The molecule has 1 heterocycles. The van der Waals surface area contributed by atoms with Crippen LogP contribution in [0.2, 0.25) is 0 Å². The molecule has 0 aliphatic carbocycles. The van der Waals surface area contributed by atoms with Crippen molar-refractivity contribution < 1.29 is 14.3 Å². The summed E-state index contributed by atoms with van der Waals surface area (Å²) in [5.41, 5.74) is 2.52. The Morgan fingerprint density at radius 3 is 2.59 bits per heavy atom. The van der Waals surface area contributed by atoms with Gasteiger partial charge in [0.05, 0.1) is 0 Å². The standard InChI is InChI=1S/C25H26N4O3/c1-32-13-7-12-27-24(30)18-29-17-21(22-10-5-6-11-23(22)29)14-20(15-26)25(31)28-16-19-8-3-2-4-9-19/h2-6,8-11,14,17H,7,12-13,16,18H2,1H3,(H,27,30)(H,28,31). The molecule has 164 valence electrons. The number of methoxy groups -OCH3 is 1. The van der Waals surface area contributed by atoms with Crippen LogP contribution in [-0.2, 0) is 27.4 Å². The number of carbonyl (C=O) groups excluding carboxylic acids is 2. The molecule has 2 aromatic carbocycles. The van der Waals surface area contributed by atoms with Crippen LogP contribution in [-0.4, -0.2) is 36.6 Å². The van der Waals surface area contributed by atoms with Crippen LogP contribution in [0.1, 0.15) is 17.5 Å². The fourth-order valence-electron chi connectivity index (χ4n) is 3.35. The first kappa shape index (κ1) is 22.8. The number of para-hydroxylation sites is 1. The molecule has 2 N–H and O–H groups in total. The van der Waals surface area contributed by atoms with E-state index in [1.54, 1.807) is 19.4 Å². The van der Waals surface area contributed by atoms with E-state index in [4.69, 9.17) is 4.74 Å². The van der Waals surface area contributed by atoms with Crippen LogP contribution in [0.25, 0.3) is 17.0 Å². The zero-order valence-electron chi connectivity index (χ0n) is 18.0. The predicted molar refractivity (Wildman–Crippen MR) is 123 cm³/mol. The molecule has 0 saturated carbocycles.